The highest BCUT2D eigenvalue weighted by Gasteiger charge is 2.22. The summed E-state index contributed by atoms with van der Waals surface area (Å²) in [5.74, 6) is -1.38. The second kappa shape index (κ2) is 8.18. The summed E-state index contributed by atoms with van der Waals surface area (Å²) in [5, 5.41) is 3.25. The van der Waals surface area contributed by atoms with E-state index in [2.05, 4.69) is 26.2 Å². The van der Waals surface area contributed by atoms with Crippen molar-refractivity contribution < 1.29 is 19.1 Å². The highest BCUT2D eigenvalue weighted by atomic mass is 79.9. The van der Waals surface area contributed by atoms with Crippen LogP contribution in [0.1, 0.15) is 27.6 Å². The van der Waals surface area contributed by atoms with E-state index in [0.717, 1.165) is 15.4 Å². The third-order valence-electron chi connectivity index (χ3n) is 4.03. The van der Waals surface area contributed by atoms with E-state index in [1.807, 2.05) is 24.3 Å². The average molecular weight is 429 g/mol. The zero-order valence-electron chi connectivity index (χ0n) is 14.5. The van der Waals surface area contributed by atoms with Crippen molar-refractivity contribution in [2.45, 2.75) is 13.0 Å². The van der Waals surface area contributed by atoms with Gasteiger partial charge in [-0.2, -0.15) is 0 Å². The summed E-state index contributed by atoms with van der Waals surface area (Å²) in [7, 11) is 0. The number of H-pyrrole nitrogens is 1. The van der Waals surface area contributed by atoms with E-state index in [1.54, 1.807) is 30.5 Å². The first-order valence-electron chi connectivity index (χ1n) is 8.29. The van der Waals surface area contributed by atoms with Gasteiger partial charge in [0.1, 0.15) is 6.54 Å². The molecule has 0 saturated heterocycles. The van der Waals surface area contributed by atoms with Crippen LogP contribution in [0.2, 0.25) is 0 Å². The Labute approximate surface area is 164 Å². The normalized spacial score (nSPS) is 11.8. The number of ether oxygens (including phenoxy) is 1. The summed E-state index contributed by atoms with van der Waals surface area (Å²) in [6, 6.07) is 14.1. The van der Waals surface area contributed by atoms with Gasteiger partial charge in [-0.1, -0.05) is 34.1 Å². The number of benzene rings is 2. The van der Waals surface area contributed by atoms with E-state index in [1.165, 1.54) is 6.92 Å². The standard InChI is InChI=1S/C20H17BrN2O4/c1-12(19(25)16-10-22-17-5-3-2-4-15(16)17)27-18(24)11-23-20(26)13-6-8-14(21)9-7-13/h2-10,12,22H,11H2,1H3,(H,23,26). The van der Waals surface area contributed by atoms with Gasteiger partial charge < -0.3 is 15.0 Å². The number of ketones is 1. The Morgan fingerprint density at radius 2 is 1.81 bits per heavy atom. The number of hydrogen-bond donors (Lipinski definition) is 2. The minimum Gasteiger partial charge on any atom is -0.453 e. The Morgan fingerprint density at radius 3 is 2.56 bits per heavy atom. The highest BCUT2D eigenvalue weighted by molar-refractivity contribution is 9.10. The molecule has 1 amide bonds. The van der Waals surface area contributed by atoms with Gasteiger partial charge in [0.25, 0.3) is 5.91 Å². The first-order valence-corrected chi connectivity index (χ1v) is 9.08. The topological polar surface area (TPSA) is 88.3 Å². The van der Waals surface area contributed by atoms with Crippen molar-refractivity contribution in [1.82, 2.24) is 10.3 Å². The van der Waals surface area contributed by atoms with Gasteiger partial charge in [-0.15, -0.1) is 0 Å². The zero-order chi connectivity index (χ0) is 19.4. The molecular formula is C20H17BrN2O4. The molecule has 0 aliphatic rings. The Kier molecular flexibility index (Phi) is 5.71. The van der Waals surface area contributed by atoms with E-state index in [4.69, 9.17) is 4.74 Å². The van der Waals surface area contributed by atoms with Crippen LogP contribution in [0, 0.1) is 0 Å². The number of nitrogens with one attached hydrogen (secondary N) is 2. The van der Waals surface area contributed by atoms with Gasteiger partial charge in [0.2, 0.25) is 5.78 Å². The van der Waals surface area contributed by atoms with Crippen LogP contribution in [0.25, 0.3) is 10.9 Å². The van der Waals surface area contributed by atoms with Crippen LogP contribution < -0.4 is 5.32 Å². The predicted molar refractivity (Wildman–Crippen MR) is 105 cm³/mol. The molecule has 0 radical (unpaired) electrons. The smallest absolute Gasteiger partial charge is 0.326 e. The summed E-state index contributed by atoms with van der Waals surface area (Å²) >= 11 is 3.29. The summed E-state index contributed by atoms with van der Waals surface area (Å²) in [4.78, 5) is 39.6. The number of carbonyl (C=O) groups excluding carboxylic acids is 3. The van der Waals surface area contributed by atoms with Crippen LogP contribution in [0.15, 0.2) is 59.2 Å². The fraction of sp³-hybridized carbons (Fsp3) is 0.150. The van der Waals surface area contributed by atoms with Crippen LogP contribution >= 0.6 is 15.9 Å². The number of esters is 1. The molecule has 0 aliphatic heterocycles. The highest BCUT2D eigenvalue weighted by Crippen LogP contribution is 2.20. The number of Topliss-reactive ketones (excluding diaryl/α,β-unsaturated/α-hetero) is 1. The van der Waals surface area contributed by atoms with Crippen molar-refractivity contribution in [2.24, 2.45) is 0 Å². The molecule has 0 spiro atoms. The monoisotopic (exact) mass is 428 g/mol. The largest absolute Gasteiger partial charge is 0.453 e. The van der Waals surface area contributed by atoms with E-state index in [9.17, 15) is 14.4 Å². The SMILES string of the molecule is CC(OC(=O)CNC(=O)c1ccc(Br)cc1)C(=O)c1c[nH]c2ccccc12. The number of aromatic amines is 1. The second-order valence-electron chi connectivity index (χ2n) is 5.93. The number of fused-ring (bicyclic) bond motifs is 1. The van der Waals surface area contributed by atoms with Gasteiger partial charge in [-0.3, -0.25) is 14.4 Å². The lowest BCUT2D eigenvalue weighted by molar-refractivity contribution is -0.145. The Hall–Kier alpha value is -2.93. The molecule has 3 rings (SSSR count). The van der Waals surface area contributed by atoms with E-state index in [0.29, 0.717) is 11.1 Å². The van der Waals surface area contributed by atoms with Crippen molar-refractivity contribution in [3.8, 4) is 0 Å². The number of para-hydroxylation sites is 1. The molecule has 1 unspecified atom stereocenters. The zero-order valence-corrected chi connectivity index (χ0v) is 16.1. The van der Waals surface area contributed by atoms with Crippen LogP contribution in [-0.2, 0) is 9.53 Å². The summed E-state index contributed by atoms with van der Waals surface area (Å²) in [6.07, 6.45) is 0.647. The molecule has 1 aromatic heterocycles. The molecule has 27 heavy (non-hydrogen) atoms. The fourth-order valence-corrected chi connectivity index (χ4v) is 2.91. The molecule has 2 N–H and O–H groups in total. The van der Waals surface area contributed by atoms with Crippen LogP contribution in [-0.4, -0.2) is 35.3 Å². The third-order valence-corrected chi connectivity index (χ3v) is 4.56. The van der Waals surface area contributed by atoms with Gasteiger partial charge in [0, 0.05) is 32.7 Å². The summed E-state index contributed by atoms with van der Waals surface area (Å²) in [5.41, 5.74) is 1.72. The molecule has 0 aliphatic carbocycles. The molecule has 7 heteroatoms. The number of amides is 1. The lowest BCUT2D eigenvalue weighted by Crippen LogP contribution is -2.34. The number of rotatable bonds is 6. The average Bonchev–Trinajstić information content (AvgIpc) is 3.10. The fourth-order valence-electron chi connectivity index (χ4n) is 2.64. The van der Waals surface area contributed by atoms with Crippen molar-refractivity contribution in [2.75, 3.05) is 6.54 Å². The minimum atomic E-state index is -0.957. The lowest BCUT2D eigenvalue weighted by Gasteiger charge is -2.12. The molecule has 0 fully saturated rings. The molecule has 3 aromatic rings. The molecule has 1 atom stereocenters. The van der Waals surface area contributed by atoms with E-state index < -0.39 is 18.0 Å². The molecular weight excluding hydrogens is 412 g/mol. The Morgan fingerprint density at radius 1 is 1.11 bits per heavy atom. The van der Waals surface area contributed by atoms with Gasteiger partial charge in [-0.05, 0) is 37.3 Å². The van der Waals surface area contributed by atoms with Crippen molar-refractivity contribution in [3.63, 3.8) is 0 Å². The summed E-state index contributed by atoms with van der Waals surface area (Å²) in [6.45, 7) is 1.19. The first kappa shape index (κ1) is 18.8. The molecule has 138 valence electrons. The van der Waals surface area contributed by atoms with Crippen molar-refractivity contribution in [3.05, 3.63) is 70.3 Å². The maximum absolute atomic E-state index is 12.6. The molecule has 6 nitrogen and oxygen atoms in total. The van der Waals surface area contributed by atoms with Crippen LogP contribution in [0.3, 0.4) is 0 Å². The number of aromatic nitrogens is 1. The van der Waals surface area contributed by atoms with E-state index >= 15 is 0 Å². The van der Waals surface area contributed by atoms with Gasteiger partial charge >= 0.3 is 5.97 Å². The van der Waals surface area contributed by atoms with E-state index in [-0.39, 0.29) is 12.3 Å². The molecule has 0 saturated carbocycles. The molecule has 1 heterocycles. The van der Waals surface area contributed by atoms with Gasteiger partial charge in [0.05, 0.1) is 0 Å². The van der Waals surface area contributed by atoms with Crippen LogP contribution in [0.4, 0.5) is 0 Å². The Balaban J connectivity index is 1.56. The maximum Gasteiger partial charge on any atom is 0.326 e. The van der Waals surface area contributed by atoms with Crippen LogP contribution in [0.5, 0.6) is 0 Å². The van der Waals surface area contributed by atoms with Crippen molar-refractivity contribution in [1.29, 1.82) is 0 Å². The number of halogens is 1. The van der Waals surface area contributed by atoms with Crippen molar-refractivity contribution >= 4 is 44.5 Å². The summed E-state index contributed by atoms with van der Waals surface area (Å²) < 4.78 is 6.02. The third kappa shape index (κ3) is 4.43. The quantitative estimate of drug-likeness (QED) is 0.464. The predicted octanol–water partition coefficient (Wildman–Crippen LogP) is 3.47. The maximum atomic E-state index is 12.6. The van der Waals surface area contributed by atoms with Gasteiger partial charge in [-0.25, -0.2) is 0 Å². The Bertz CT molecular complexity index is 995. The van der Waals surface area contributed by atoms with Gasteiger partial charge in [0.15, 0.2) is 6.10 Å². The second-order valence-corrected chi connectivity index (χ2v) is 6.85. The number of carbonyl (C=O) groups is 3. The first-order chi connectivity index (χ1) is 13.0. The number of hydrogen-bond acceptors (Lipinski definition) is 4. The minimum absolute atomic E-state index is 0.306. The lowest BCUT2D eigenvalue weighted by atomic mass is 10.1. The molecule has 0 bridgehead atoms. The molecule has 2 aromatic carbocycles.